The molecule has 1 heterocycles. The van der Waals surface area contributed by atoms with Crippen LogP contribution in [0.5, 0.6) is 0 Å². The Kier molecular flexibility index (Phi) is 5.65. The summed E-state index contributed by atoms with van der Waals surface area (Å²) in [7, 11) is 0. The van der Waals surface area contributed by atoms with E-state index in [2.05, 4.69) is 10.3 Å². The largest absolute Gasteiger partial charge is 0.298 e. The fraction of sp³-hybridized carbons (Fsp3) is 0.111. The first kappa shape index (κ1) is 18.1. The van der Waals surface area contributed by atoms with Crippen molar-refractivity contribution in [3.8, 4) is 11.3 Å². The second-order valence-electron chi connectivity index (χ2n) is 5.23. The molecule has 3 rings (SSSR count). The Balaban J connectivity index is 1.76. The molecule has 0 spiro atoms. The van der Waals surface area contributed by atoms with Crippen LogP contribution in [0.15, 0.2) is 58.8 Å². The Morgan fingerprint density at radius 1 is 1.23 bits per heavy atom. The maximum absolute atomic E-state index is 12.5. The third kappa shape index (κ3) is 4.09. The van der Waals surface area contributed by atoms with Crippen LogP contribution < -0.4 is 5.32 Å². The highest BCUT2D eigenvalue weighted by Crippen LogP contribution is 2.28. The van der Waals surface area contributed by atoms with Crippen LogP contribution in [0.25, 0.3) is 11.3 Å². The molecule has 0 bridgehead atoms. The van der Waals surface area contributed by atoms with Crippen molar-refractivity contribution in [3.63, 3.8) is 0 Å². The van der Waals surface area contributed by atoms with Gasteiger partial charge in [0.1, 0.15) is 0 Å². The highest BCUT2D eigenvalue weighted by atomic mass is 32.2. The summed E-state index contributed by atoms with van der Waals surface area (Å²) in [6.07, 6.45) is 0. The summed E-state index contributed by atoms with van der Waals surface area (Å²) < 4.78 is 0. The third-order valence-electron chi connectivity index (χ3n) is 3.53. The Morgan fingerprint density at radius 2 is 1.96 bits per heavy atom. The van der Waals surface area contributed by atoms with E-state index < -0.39 is 4.92 Å². The van der Waals surface area contributed by atoms with Gasteiger partial charge in [0.05, 0.1) is 16.2 Å². The molecule has 1 N–H and O–H groups in total. The molecular weight excluding hydrogens is 370 g/mol. The fourth-order valence-electron chi connectivity index (χ4n) is 2.32. The van der Waals surface area contributed by atoms with Crippen LogP contribution >= 0.6 is 23.1 Å². The van der Waals surface area contributed by atoms with Crippen molar-refractivity contribution in [3.05, 3.63) is 69.6 Å². The van der Waals surface area contributed by atoms with E-state index in [1.54, 1.807) is 30.0 Å². The fourth-order valence-corrected chi connectivity index (χ4v) is 3.83. The number of anilines is 1. The van der Waals surface area contributed by atoms with E-state index in [-0.39, 0.29) is 11.6 Å². The quantitative estimate of drug-likeness (QED) is 0.363. The molecule has 132 valence electrons. The number of amides is 1. The lowest BCUT2D eigenvalue weighted by atomic mass is 10.1. The number of nitrogens with zero attached hydrogens (tertiary/aromatic N) is 2. The number of hydrogen-bond donors (Lipinski definition) is 1. The first-order chi connectivity index (χ1) is 12.6. The van der Waals surface area contributed by atoms with Gasteiger partial charge in [-0.3, -0.25) is 20.2 Å². The molecule has 0 unspecified atom stereocenters. The van der Waals surface area contributed by atoms with E-state index in [4.69, 9.17) is 0 Å². The number of nitro groups is 1. The Labute approximate surface area is 158 Å². The summed E-state index contributed by atoms with van der Waals surface area (Å²) >= 11 is 2.93. The van der Waals surface area contributed by atoms with Gasteiger partial charge in [-0.05, 0) is 30.0 Å². The number of carbonyl (C=O) groups is 1. The summed E-state index contributed by atoms with van der Waals surface area (Å²) in [6, 6.07) is 13.6. The van der Waals surface area contributed by atoms with E-state index in [1.807, 2.05) is 30.5 Å². The number of nitrogens with one attached hydrogen (secondary N) is 1. The molecule has 26 heavy (non-hydrogen) atoms. The minimum atomic E-state index is -0.442. The van der Waals surface area contributed by atoms with Gasteiger partial charge in [-0.25, -0.2) is 4.98 Å². The average Bonchev–Trinajstić information content (AvgIpc) is 3.11. The van der Waals surface area contributed by atoms with E-state index in [9.17, 15) is 14.9 Å². The molecule has 0 saturated heterocycles. The van der Waals surface area contributed by atoms with Crippen molar-refractivity contribution < 1.29 is 9.72 Å². The van der Waals surface area contributed by atoms with Crippen molar-refractivity contribution in [2.24, 2.45) is 0 Å². The molecule has 2 aromatic carbocycles. The number of thiazole rings is 1. The standard InChI is InChI=1S/C18H15N3O3S2/c1-2-25-16-6-4-3-5-14(16)17(22)20-18-19-15(11-26-18)12-7-9-13(10-8-12)21(23)24/h3-11H,2H2,1H3,(H,19,20,22). The second-order valence-corrected chi connectivity index (χ2v) is 7.39. The molecule has 8 heteroatoms. The van der Waals surface area contributed by atoms with E-state index in [0.717, 1.165) is 16.2 Å². The highest BCUT2D eigenvalue weighted by molar-refractivity contribution is 7.99. The molecular formula is C18H15N3O3S2. The number of nitro benzene ring substituents is 1. The highest BCUT2D eigenvalue weighted by Gasteiger charge is 2.14. The summed E-state index contributed by atoms with van der Waals surface area (Å²) in [5.74, 6) is 0.678. The molecule has 1 amide bonds. The van der Waals surface area contributed by atoms with E-state index >= 15 is 0 Å². The lowest BCUT2D eigenvalue weighted by Crippen LogP contribution is -2.12. The Hall–Kier alpha value is -2.71. The van der Waals surface area contributed by atoms with Gasteiger partial charge in [0.2, 0.25) is 0 Å². The maximum atomic E-state index is 12.5. The molecule has 0 radical (unpaired) electrons. The third-order valence-corrected chi connectivity index (χ3v) is 5.24. The zero-order valence-corrected chi connectivity index (χ0v) is 15.5. The van der Waals surface area contributed by atoms with Gasteiger partial charge in [-0.15, -0.1) is 23.1 Å². The molecule has 1 aromatic heterocycles. The second kappa shape index (κ2) is 8.11. The molecule has 3 aromatic rings. The molecule has 0 aliphatic heterocycles. The topological polar surface area (TPSA) is 85.1 Å². The lowest BCUT2D eigenvalue weighted by molar-refractivity contribution is -0.384. The Morgan fingerprint density at radius 3 is 2.65 bits per heavy atom. The predicted molar refractivity (Wildman–Crippen MR) is 105 cm³/mol. The Bertz CT molecular complexity index is 939. The zero-order chi connectivity index (χ0) is 18.5. The number of benzene rings is 2. The van der Waals surface area contributed by atoms with Crippen molar-refractivity contribution in [2.45, 2.75) is 11.8 Å². The normalized spacial score (nSPS) is 10.5. The van der Waals surface area contributed by atoms with Crippen LogP contribution in [0, 0.1) is 10.1 Å². The number of rotatable bonds is 6. The number of carbonyl (C=O) groups excluding carboxylic acids is 1. The zero-order valence-electron chi connectivity index (χ0n) is 13.8. The molecule has 0 fully saturated rings. The van der Waals surface area contributed by atoms with Gasteiger partial charge in [0.15, 0.2) is 5.13 Å². The summed E-state index contributed by atoms with van der Waals surface area (Å²) in [6.45, 7) is 2.04. The van der Waals surface area contributed by atoms with Crippen LogP contribution in [-0.4, -0.2) is 21.6 Å². The van der Waals surface area contributed by atoms with Crippen molar-refractivity contribution in [1.82, 2.24) is 4.98 Å². The van der Waals surface area contributed by atoms with Crippen LogP contribution in [0.1, 0.15) is 17.3 Å². The maximum Gasteiger partial charge on any atom is 0.269 e. The van der Waals surface area contributed by atoms with E-state index in [0.29, 0.717) is 16.4 Å². The van der Waals surface area contributed by atoms with Crippen molar-refractivity contribution in [2.75, 3.05) is 11.1 Å². The van der Waals surface area contributed by atoms with Crippen molar-refractivity contribution in [1.29, 1.82) is 0 Å². The van der Waals surface area contributed by atoms with Crippen LogP contribution in [0.3, 0.4) is 0 Å². The van der Waals surface area contributed by atoms with Crippen LogP contribution in [0.4, 0.5) is 10.8 Å². The van der Waals surface area contributed by atoms with Crippen LogP contribution in [-0.2, 0) is 0 Å². The SMILES string of the molecule is CCSc1ccccc1C(=O)Nc1nc(-c2ccc([N+](=O)[O-])cc2)cs1. The monoisotopic (exact) mass is 385 g/mol. The van der Waals surface area contributed by atoms with E-state index in [1.165, 1.54) is 23.5 Å². The summed E-state index contributed by atoms with van der Waals surface area (Å²) in [4.78, 5) is 28.2. The number of hydrogen-bond acceptors (Lipinski definition) is 6. The number of aromatic nitrogens is 1. The molecule has 0 atom stereocenters. The van der Waals surface area contributed by atoms with Crippen LogP contribution in [0.2, 0.25) is 0 Å². The lowest BCUT2D eigenvalue weighted by Gasteiger charge is -2.07. The van der Waals surface area contributed by atoms with Gasteiger partial charge < -0.3 is 0 Å². The van der Waals surface area contributed by atoms with Crippen molar-refractivity contribution >= 4 is 39.8 Å². The summed E-state index contributed by atoms with van der Waals surface area (Å²) in [5, 5.41) is 15.8. The molecule has 0 aliphatic carbocycles. The van der Waals surface area contributed by atoms with Gasteiger partial charge in [-0.2, -0.15) is 0 Å². The average molecular weight is 385 g/mol. The minimum absolute atomic E-state index is 0.0301. The van der Waals surface area contributed by atoms with Gasteiger partial charge in [0.25, 0.3) is 11.6 Å². The number of non-ortho nitro benzene ring substituents is 1. The van der Waals surface area contributed by atoms with Gasteiger partial charge in [0, 0.05) is 28.0 Å². The minimum Gasteiger partial charge on any atom is -0.298 e. The molecule has 0 aliphatic rings. The first-order valence-corrected chi connectivity index (χ1v) is 9.68. The predicted octanol–water partition coefficient (Wildman–Crippen LogP) is 5.08. The summed E-state index contributed by atoms with van der Waals surface area (Å²) in [5.41, 5.74) is 2.07. The number of thioether (sulfide) groups is 1. The smallest absolute Gasteiger partial charge is 0.269 e. The van der Waals surface area contributed by atoms with Gasteiger partial charge >= 0.3 is 0 Å². The molecule has 6 nitrogen and oxygen atoms in total. The van der Waals surface area contributed by atoms with Gasteiger partial charge in [-0.1, -0.05) is 19.1 Å². The first-order valence-electron chi connectivity index (χ1n) is 7.82. The molecule has 0 saturated carbocycles.